The average Bonchev–Trinajstić information content (AvgIpc) is 3.23. The van der Waals surface area contributed by atoms with Gasteiger partial charge in [0.25, 0.3) is 11.8 Å². The number of amides is 5. The van der Waals surface area contributed by atoms with Gasteiger partial charge in [-0.3, -0.25) is 19.7 Å². The lowest BCUT2D eigenvalue weighted by molar-refractivity contribution is -0.123. The van der Waals surface area contributed by atoms with Crippen molar-refractivity contribution in [3.63, 3.8) is 0 Å². The lowest BCUT2D eigenvalue weighted by Crippen LogP contribution is -2.54. The molecule has 0 saturated carbocycles. The standard InChI is InChI=1S/C28H24N4O5/c1-37-13-12-29-25(33)17-31-16-20(22-8-4-5-9-24(22)31)15-23-26(34)30-28(36)32(27(23)35)21-11-10-18-6-2-3-7-19(18)14-21/h2-11,14-16H,12-13,17H2,1H3,(H,29,33)(H,30,34,36)/b23-15+. The number of carbonyl (C=O) groups excluding carboxylic acids is 4. The van der Waals surface area contributed by atoms with E-state index in [0.29, 0.717) is 24.4 Å². The molecule has 1 aliphatic rings. The summed E-state index contributed by atoms with van der Waals surface area (Å²) in [6, 6.07) is 19.4. The summed E-state index contributed by atoms with van der Waals surface area (Å²) in [6.45, 7) is 0.840. The minimum absolute atomic E-state index is 0.0508. The highest BCUT2D eigenvalue weighted by Crippen LogP contribution is 2.28. The number of urea groups is 1. The maximum atomic E-state index is 13.4. The van der Waals surface area contributed by atoms with Gasteiger partial charge in [0.05, 0.1) is 12.3 Å². The zero-order valence-corrected chi connectivity index (χ0v) is 20.1. The lowest BCUT2D eigenvalue weighted by atomic mass is 10.0. The van der Waals surface area contributed by atoms with Crippen LogP contribution >= 0.6 is 0 Å². The molecule has 2 heterocycles. The Bertz CT molecular complexity index is 1590. The van der Waals surface area contributed by atoms with Crippen molar-refractivity contribution in [3.8, 4) is 0 Å². The summed E-state index contributed by atoms with van der Waals surface area (Å²) < 4.78 is 6.72. The van der Waals surface area contributed by atoms with Crippen molar-refractivity contribution in [1.82, 2.24) is 15.2 Å². The molecule has 5 rings (SSSR count). The molecule has 0 radical (unpaired) electrons. The van der Waals surface area contributed by atoms with Gasteiger partial charge in [-0.1, -0.05) is 48.5 Å². The van der Waals surface area contributed by atoms with Gasteiger partial charge in [0.15, 0.2) is 0 Å². The van der Waals surface area contributed by atoms with Gasteiger partial charge >= 0.3 is 6.03 Å². The van der Waals surface area contributed by atoms with E-state index < -0.39 is 17.8 Å². The molecule has 1 aromatic heterocycles. The second-order valence-electron chi connectivity index (χ2n) is 8.56. The van der Waals surface area contributed by atoms with E-state index in [0.717, 1.165) is 26.6 Å². The van der Waals surface area contributed by atoms with Crippen molar-refractivity contribution >= 4 is 57.2 Å². The number of rotatable bonds is 7. The molecule has 9 nitrogen and oxygen atoms in total. The molecule has 1 aliphatic heterocycles. The normalized spacial score (nSPS) is 15.0. The lowest BCUT2D eigenvalue weighted by Gasteiger charge is -2.26. The largest absolute Gasteiger partial charge is 0.383 e. The minimum atomic E-state index is -0.808. The van der Waals surface area contributed by atoms with E-state index in [1.165, 1.54) is 6.08 Å². The average molecular weight is 497 g/mol. The number of hydrogen-bond acceptors (Lipinski definition) is 5. The Kier molecular flexibility index (Phi) is 6.53. The first-order valence-corrected chi connectivity index (χ1v) is 11.7. The van der Waals surface area contributed by atoms with Crippen LogP contribution in [0, 0.1) is 0 Å². The Balaban J connectivity index is 1.50. The van der Waals surface area contributed by atoms with Gasteiger partial charge in [-0.25, -0.2) is 9.69 Å². The minimum Gasteiger partial charge on any atom is -0.383 e. The highest BCUT2D eigenvalue weighted by atomic mass is 16.5. The number of methoxy groups -OCH3 is 1. The van der Waals surface area contributed by atoms with Crippen LogP contribution in [0.25, 0.3) is 27.8 Å². The van der Waals surface area contributed by atoms with E-state index in [1.807, 2.05) is 54.6 Å². The Morgan fingerprint density at radius 3 is 2.57 bits per heavy atom. The summed E-state index contributed by atoms with van der Waals surface area (Å²) in [7, 11) is 1.56. The highest BCUT2D eigenvalue weighted by molar-refractivity contribution is 6.39. The molecule has 0 spiro atoms. The van der Waals surface area contributed by atoms with Crippen molar-refractivity contribution in [2.24, 2.45) is 0 Å². The number of fused-ring (bicyclic) bond motifs is 2. The molecule has 0 atom stereocenters. The Morgan fingerprint density at radius 1 is 1.00 bits per heavy atom. The molecule has 0 bridgehead atoms. The van der Waals surface area contributed by atoms with Gasteiger partial charge < -0.3 is 14.6 Å². The van der Waals surface area contributed by atoms with Crippen LogP contribution < -0.4 is 15.5 Å². The third-order valence-corrected chi connectivity index (χ3v) is 6.15. The van der Waals surface area contributed by atoms with Gasteiger partial charge in [-0.15, -0.1) is 0 Å². The summed E-state index contributed by atoms with van der Waals surface area (Å²) in [5.74, 6) is -1.70. The summed E-state index contributed by atoms with van der Waals surface area (Å²) in [5, 5.41) is 7.62. The topological polar surface area (TPSA) is 110 Å². The number of anilines is 1. The number of hydrogen-bond donors (Lipinski definition) is 2. The van der Waals surface area contributed by atoms with Crippen LogP contribution in [0.3, 0.4) is 0 Å². The number of para-hydroxylation sites is 1. The van der Waals surface area contributed by atoms with E-state index in [2.05, 4.69) is 10.6 Å². The van der Waals surface area contributed by atoms with E-state index in [9.17, 15) is 19.2 Å². The summed E-state index contributed by atoms with van der Waals surface area (Å²) in [4.78, 5) is 52.2. The first-order valence-electron chi connectivity index (χ1n) is 11.7. The number of aromatic nitrogens is 1. The zero-order chi connectivity index (χ0) is 25.9. The molecular formula is C28H24N4O5. The molecule has 37 heavy (non-hydrogen) atoms. The number of nitrogens with one attached hydrogen (secondary N) is 2. The molecule has 1 fully saturated rings. The van der Waals surface area contributed by atoms with Crippen LogP contribution in [0.5, 0.6) is 0 Å². The van der Waals surface area contributed by atoms with Crippen LogP contribution in [0.1, 0.15) is 5.56 Å². The molecule has 2 N–H and O–H groups in total. The smallest absolute Gasteiger partial charge is 0.335 e. The van der Waals surface area contributed by atoms with E-state index >= 15 is 0 Å². The maximum Gasteiger partial charge on any atom is 0.335 e. The molecule has 5 amide bonds. The SMILES string of the molecule is COCCNC(=O)Cn1cc(/C=C2\C(=O)NC(=O)N(c3ccc4ccccc4c3)C2=O)c2ccccc21. The van der Waals surface area contributed by atoms with Crippen molar-refractivity contribution < 1.29 is 23.9 Å². The number of carbonyl (C=O) groups is 4. The zero-order valence-electron chi connectivity index (χ0n) is 20.1. The fourth-order valence-corrected chi connectivity index (χ4v) is 4.39. The van der Waals surface area contributed by atoms with Crippen LogP contribution in [0.2, 0.25) is 0 Å². The van der Waals surface area contributed by atoms with E-state index in [4.69, 9.17) is 4.74 Å². The second kappa shape index (κ2) is 10.1. The quantitative estimate of drug-likeness (QED) is 0.232. The Hall–Kier alpha value is -4.76. The van der Waals surface area contributed by atoms with Gasteiger partial charge in [0, 0.05) is 36.3 Å². The summed E-state index contributed by atoms with van der Waals surface area (Å²) in [6.07, 6.45) is 3.17. The fraction of sp³-hybridized carbons (Fsp3) is 0.143. The molecule has 9 heteroatoms. The molecule has 3 aromatic carbocycles. The third kappa shape index (κ3) is 4.72. The predicted octanol–water partition coefficient (Wildman–Crippen LogP) is 3.22. The van der Waals surface area contributed by atoms with Crippen molar-refractivity contribution in [2.75, 3.05) is 25.2 Å². The van der Waals surface area contributed by atoms with Crippen LogP contribution in [-0.4, -0.2) is 48.6 Å². The summed E-state index contributed by atoms with van der Waals surface area (Å²) >= 11 is 0. The van der Waals surface area contributed by atoms with Gasteiger partial charge in [0.2, 0.25) is 5.91 Å². The highest BCUT2D eigenvalue weighted by Gasteiger charge is 2.37. The number of imide groups is 2. The Labute approximate surface area is 212 Å². The van der Waals surface area contributed by atoms with Gasteiger partial charge in [0.1, 0.15) is 12.1 Å². The number of ether oxygens (including phenoxy) is 1. The number of benzene rings is 3. The van der Waals surface area contributed by atoms with E-state index in [1.54, 1.807) is 30.0 Å². The predicted molar refractivity (Wildman–Crippen MR) is 140 cm³/mol. The first-order chi connectivity index (χ1) is 18.0. The Morgan fingerprint density at radius 2 is 1.76 bits per heavy atom. The van der Waals surface area contributed by atoms with Crippen LogP contribution in [0.15, 0.2) is 78.5 Å². The first kappa shape index (κ1) is 24.0. The monoisotopic (exact) mass is 496 g/mol. The number of nitrogens with zero attached hydrogens (tertiary/aromatic N) is 2. The van der Waals surface area contributed by atoms with E-state index in [-0.39, 0.29) is 18.0 Å². The third-order valence-electron chi connectivity index (χ3n) is 6.15. The second-order valence-corrected chi connectivity index (χ2v) is 8.56. The fourth-order valence-electron chi connectivity index (χ4n) is 4.39. The van der Waals surface area contributed by atoms with Crippen LogP contribution in [0.4, 0.5) is 10.5 Å². The molecular weight excluding hydrogens is 472 g/mol. The number of barbiturate groups is 1. The molecule has 0 unspecified atom stereocenters. The van der Waals surface area contributed by atoms with Crippen molar-refractivity contribution in [2.45, 2.75) is 6.54 Å². The van der Waals surface area contributed by atoms with Crippen molar-refractivity contribution in [1.29, 1.82) is 0 Å². The molecule has 186 valence electrons. The summed E-state index contributed by atoms with van der Waals surface area (Å²) in [5.41, 5.74) is 1.52. The molecule has 4 aromatic rings. The van der Waals surface area contributed by atoms with Gasteiger partial charge in [-0.2, -0.15) is 0 Å². The molecule has 0 aliphatic carbocycles. The van der Waals surface area contributed by atoms with Crippen LogP contribution in [-0.2, 0) is 25.7 Å². The maximum absolute atomic E-state index is 13.4. The molecule has 1 saturated heterocycles. The van der Waals surface area contributed by atoms with Gasteiger partial charge in [-0.05, 0) is 35.0 Å². The van der Waals surface area contributed by atoms with Crippen molar-refractivity contribution in [3.05, 3.63) is 84.1 Å².